The summed E-state index contributed by atoms with van der Waals surface area (Å²) in [7, 11) is 1.61. The zero-order valence-electron chi connectivity index (χ0n) is 10.4. The summed E-state index contributed by atoms with van der Waals surface area (Å²) in [5.41, 5.74) is -0.871. The number of ketones is 1. The lowest BCUT2D eigenvalue weighted by atomic mass is 9.60. The Bertz CT molecular complexity index is 332. The number of carbonyl (C=O) groups is 1. The van der Waals surface area contributed by atoms with Gasteiger partial charge in [-0.2, -0.15) is 0 Å². The number of ether oxygens (including phenoxy) is 1. The topological polar surface area (TPSA) is 49.8 Å². The quantitative estimate of drug-likeness (QED) is 0.773. The molecule has 1 N–H and O–H groups in total. The fraction of sp³-hybridized carbons (Fsp3) is 0.923. The van der Waals surface area contributed by atoms with Crippen LogP contribution in [0.15, 0.2) is 0 Å². The summed E-state index contributed by atoms with van der Waals surface area (Å²) in [6.07, 6.45) is 4.37. The first-order valence-corrected chi connectivity index (χ1v) is 6.59. The van der Waals surface area contributed by atoms with E-state index in [0.717, 1.165) is 25.9 Å². The highest BCUT2D eigenvalue weighted by molar-refractivity contribution is 5.96. The van der Waals surface area contributed by atoms with E-state index in [4.69, 9.17) is 4.74 Å². The van der Waals surface area contributed by atoms with Crippen molar-refractivity contribution >= 4 is 5.78 Å². The van der Waals surface area contributed by atoms with Crippen molar-refractivity contribution in [3.05, 3.63) is 0 Å². The second kappa shape index (κ2) is 3.77. The standard InChI is InChI=1S/C13H21NO3/c1-17-9-13(8-15)11(16)12(10-2-3-10)4-6-14(13)7-5-12/h10,15H,2-9H2,1H3. The van der Waals surface area contributed by atoms with Gasteiger partial charge in [0.1, 0.15) is 5.54 Å². The van der Waals surface area contributed by atoms with E-state index in [1.54, 1.807) is 7.11 Å². The van der Waals surface area contributed by atoms with E-state index < -0.39 is 5.54 Å². The van der Waals surface area contributed by atoms with Gasteiger partial charge >= 0.3 is 0 Å². The molecule has 0 spiro atoms. The molecular formula is C13H21NO3. The highest BCUT2D eigenvalue weighted by atomic mass is 16.5. The van der Waals surface area contributed by atoms with Crippen LogP contribution in [0.2, 0.25) is 0 Å². The number of fused-ring (bicyclic) bond motifs is 3. The number of rotatable bonds is 4. The third-order valence-corrected chi connectivity index (χ3v) is 5.14. The SMILES string of the molecule is COCC1(CO)C(=O)C2(C3CC3)CCN1CC2. The van der Waals surface area contributed by atoms with E-state index in [1.807, 2.05) is 0 Å². The Morgan fingerprint density at radius 1 is 1.41 bits per heavy atom. The monoisotopic (exact) mass is 239 g/mol. The second-order valence-electron chi connectivity index (χ2n) is 5.87. The minimum atomic E-state index is -0.742. The first kappa shape index (κ1) is 11.6. The number of carbonyl (C=O) groups excluding carboxylic acids is 1. The average molecular weight is 239 g/mol. The highest BCUT2D eigenvalue weighted by Gasteiger charge is 2.64. The maximum absolute atomic E-state index is 12.9. The number of aliphatic hydroxyl groups excluding tert-OH is 1. The maximum atomic E-state index is 12.9. The van der Waals surface area contributed by atoms with Gasteiger partial charge in [0.2, 0.25) is 0 Å². The Balaban J connectivity index is 1.97. The summed E-state index contributed by atoms with van der Waals surface area (Å²) in [4.78, 5) is 15.0. The van der Waals surface area contributed by atoms with Gasteiger partial charge < -0.3 is 9.84 Å². The molecule has 4 nitrogen and oxygen atoms in total. The molecule has 1 unspecified atom stereocenters. The largest absolute Gasteiger partial charge is 0.394 e. The van der Waals surface area contributed by atoms with Gasteiger partial charge in [-0.1, -0.05) is 0 Å². The van der Waals surface area contributed by atoms with Crippen LogP contribution in [-0.2, 0) is 9.53 Å². The summed E-state index contributed by atoms with van der Waals surface area (Å²) in [6, 6.07) is 0. The molecule has 96 valence electrons. The van der Waals surface area contributed by atoms with E-state index >= 15 is 0 Å². The molecule has 1 atom stereocenters. The van der Waals surface area contributed by atoms with E-state index in [2.05, 4.69) is 4.90 Å². The molecule has 4 fully saturated rings. The van der Waals surface area contributed by atoms with Crippen molar-refractivity contribution in [2.75, 3.05) is 33.4 Å². The van der Waals surface area contributed by atoms with Crippen molar-refractivity contribution in [3.8, 4) is 0 Å². The summed E-state index contributed by atoms with van der Waals surface area (Å²) in [6.45, 7) is 2.10. The van der Waals surface area contributed by atoms with Crippen molar-refractivity contribution in [3.63, 3.8) is 0 Å². The summed E-state index contributed by atoms with van der Waals surface area (Å²) in [5, 5.41) is 9.74. The Morgan fingerprint density at radius 2 is 2.06 bits per heavy atom. The van der Waals surface area contributed by atoms with Crippen LogP contribution in [0.25, 0.3) is 0 Å². The fourth-order valence-corrected chi connectivity index (χ4v) is 4.01. The third-order valence-electron chi connectivity index (χ3n) is 5.14. The van der Waals surface area contributed by atoms with Crippen LogP contribution in [0.5, 0.6) is 0 Å². The van der Waals surface area contributed by atoms with Gasteiger partial charge in [0.05, 0.1) is 13.2 Å². The zero-order valence-corrected chi connectivity index (χ0v) is 10.4. The second-order valence-corrected chi connectivity index (χ2v) is 5.87. The lowest BCUT2D eigenvalue weighted by Crippen LogP contribution is -2.73. The third kappa shape index (κ3) is 1.38. The van der Waals surface area contributed by atoms with Gasteiger partial charge in [0.25, 0.3) is 0 Å². The van der Waals surface area contributed by atoms with Crippen molar-refractivity contribution in [2.45, 2.75) is 31.2 Å². The Morgan fingerprint density at radius 3 is 2.53 bits per heavy atom. The fourth-order valence-electron chi connectivity index (χ4n) is 4.01. The number of hydrogen-bond donors (Lipinski definition) is 1. The minimum Gasteiger partial charge on any atom is -0.394 e. The van der Waals surface area contributed by atoms with Gasteiger partial charge in [0, 0.05) is 25.6 Å². The normalized spacial score (nSPS) is 45.3. The first-order chi connectivity index (χ1) is 8.19. The van der Waals surface area contributed by atoms with E-state index in [-0.39, 0.29) is 17.8 Å². The molecule has 17 heavy (non-hydrogen) atoms. The molecule has 2 bridgehead atoms. The number of nitrogens with zero attached hydrogens (tertiary/aromatic N) is 1. The maximum Gasteiger partial charge on any atom is 0.164 e. The van der Waals surface area contributed by atoms with Crippen LogP contribution in [-0.4, -0.2) is 54.7 Å². The van der Waals surface area contributed by atoms with Crippen molar-refractivity contribution in [1.29, 1.82) is 0 Å². The number of aliphatic hydroxyl groups is 1. The molecule has 4 rings (SSSR count). The Kier molecular flexibility index (Phi) is 2.58. The molecule has 3 heterocycles. The molecule has 3 saturated heterocycles. The molecular weight excluding hydrogens is 218 g/mol. The molecule has 0 radical (unpaired) electrons. The summed E-state index contributed by atoms with van der Waals surface area (Å²) < 4.78 is 5.22. The summed E-state index contributed by atoms with van der Waals surface area (Å²) >= 11 is 0. The minimum absolute atomic E-state index is 0.103. The van der Waals surface area contributed by atoms with Crippen LogP contribution >= 0.6 is 0 Å². The van der Waals surface area contributed by atoms with Crippen LogP contribution < -0.4 is 0 Å². The lowest BCUT2D eigenvalue weighted by molar-refractivity contribution is -0.173. The lowest BCUT2D eigenvalue weighted by Gasteiger charge is -2.57. The average Bonchev–Trinajstić information content (AvgIpc) is 3.19. The van der Waals surface area contributed by atoms with Gasteiger partial charge in [-0.25, -0.2) is 0 Å². The van der Waals surface area contributed by atoms with E-state index in [0.29, 0.717) is 12.5 Å². The smallest absolute Gasteiger partial charge is 0.164 e. The Labute approximate surface area is 102 Å². The number of Topliss-reactive ketones (excluding diaryl/α,β-unsaturated/α-hetero) is 1. The molecule has 4 aliphatic rings. The van der Waals surface area contributed by atoms with Crippen LogP contribution in [0.1, 0.15) is 25.7 Å². The molecule has 0 aromatic rings. The zero-order chi connectivity index (χ0) is 12.1. The number of hydrogen-bond acceptors (Lipinski definition) is 4. The van der Waals surface area contributed by atoms with Crippen molar-refractivity contribution in [1.82, 2.24) is 4.90 Å². The highest BCUT2D eigenvalue weighted by Crippen LogP contribution is 2.57. The number of piperidine rings is 3. The molecule has 0 aromatic carbocycles. The predicted octanol–water partition coefficient (Wildman–Crippen LogP) is 0.439. The van der Waals surface area contributed by atoms with Crippen molar-refractivity contribution in [2.24, 2.45) is 11.3 Å². The van der Waals surface area contributed by atoms with Crippen LogP contribution in [0.3, 0.4) is 0 Å². The molecule has 0 amide bonds. The van der Waals surface area contributed by atoms with E-state index in [9.17, 15) is 9.90 Å². The molecule has 3 aliphatic heterocycles. The first-order valence-electron chi connectivity index (χ1n) is 6.59. The van der Waals surface area contributed by atoms with E-state index in [1.165, 1.54) is 12.8 Å². The van der Waals surface area contributed by atoms with Gasteiger partial charge in [-0.3, -0.25) is 9.69 Å². The van der Waals surface area contributed by atoms with Gasteiger partial charge in [0.15, 0.2) is 5.78 Å². The molecule has 4 heteroatoms. The van der Waals surface area contributed by atoms with Gasteiger partial charge in [-0.05, 0) is 31.6 Å². The van der Waals surface area contributed by atoms with Crippen LogP contribution in [0.4, 0.5) is 0 Å². The summed E-state index contributed by atoms with van der Waals surface area (Å²) in [5.74, 6) is 0.842. The van der Waals surface area contributed by atoms with Gasteiger partial charge in [-0.15, -0.1) is 0 Å². The predicted molar refractivity (Wildman–Crippen MR) is 62.7 cm³/mol. The van der Waals surface area contributed by atoms with Crippen LogP contribution in [0, 0.1) is 11.3 Å². The molecule has 1 saturated carbocycles. The number of methoxy groups -OCH3 is 1. The Hall–Kier alpha value is -0.450. The molecule has 0 aromatic heterocycles. The molecule has 1 aliphatic carbocycles. The van der Waals surface area contributed by atoms with Crippen molar-refractivity contribution < 1.29 is 14.6 Å².